The summed E-state index contributed by atoms with van der Waals surface area (Å²) < 4.78 is 42.6. The van der Waals surface area contributed by atoms with Gasteiger partial charge in [-0.3, -0.25) is 0 Å². The lowest BCUT2D eigenvalue weighted by Crippen LogP contribution is -2.62. The van der Waals surface area contributed by atoms with Gasteiger partial charge >= 0.3 is 6.18 Å². The Morgan fingerprint density at radius 1 is 1.35 bits per heavy atom. The lowest BCUT2D eigenvalue weighted by molar-refractivity contribution is -0.137. The molecule has 6 heteroatoms. The van der Waals surface area contributed by atoms with E-state index in [0.717, 1.165) is 12.1 Å². The lowest BCUT2D eigenvalue weighted by Gasteiger charge is -2.40. The molecule has 2 rings (SSSR count). The van der Waals surface area contributed by atoms with Gasteiger partial charge in [-0.05, 0) is 12.1 Å². The summed E-state index contributed by atoms with van der Waals surface area (Å²) in [5.41, 5.74) is 5.28. The Labute approximate surface area is 96.8 Å². The van der Waals surface area contributed by atoms with E-state index < -0.39 is 17.3 Å². The van der Waals surface area contributed by atoms with Gasteiger partial charge < -0.3 is 15.8 Å². The van der Waals surface area contributed by atoms with Crippen molar-refractivity contribution in [2.45, 2.75) is 11.7 Å². The minimum absolute atomic E-state index is 0.184. The van der Waals surface area contributed by atoms with Crippen LogP contribution in [0.2, 0.25) is 0 Å². The van der Waals surface area contributed by atoms with E-state index in [0.29, 0.717) is 18.7 Å². The van der Waals surface area contributed by atoms with Gasteiger partial charge in [0.15, 0.2) is 0 Å². The maximum atomic E-state index is 12.5. The Balaban J connectivity index is 2.42. The monoisotopic (exact) mass is 246 g/mol. The van der Waals surface area contributed by atoms with E-state index in [1.54, 1.807) is 0 Å². The number of hydrogen-bond acceptors (Lipinski definition) is 3. The minimum atomic E-state index is -4.37. The largest absolute Gasteiger partial charge is 0.496 e. The number of benzene rings is 1. The van der Waals surface area contributed by atoms with Crippen molar-refractivity contribution >= 4 is 0 Å². The van der Waals surface area contributed by atoms with E-state index in [1.165, 1.54) is 13.2 Å². The average Bonchev–Trinajstić information content (AvgIpc) is 2.24. The maximum absolute atomic E-state index is 12.5. The second-order valence-electron chi connectivity index (χ2n) is 4.17. The summed E-state index contributed by atoms with van der Waals surface area (Å²) in [6.45, 7) is 1.07. The molecule has 3 nitrogen and oxygen atoms in total. The zero-order valence-corrected chi connectivity index (χ0v) is 9.27. The van der Waals surface area contributed by atoms with Crippen molar-refractivity contribution in [3.05, 3.63) is 29.3 Å². The van der Waals surface area contributed by atoms with Crippen LogP contribution in [-0.2, 0) is 11.7 Å². The van der Waals surface area contributed by atoms with Gasteiger partial charge in [0.1, 0.15) is 5.75 Å². The fraction of sp³-hybridized carbons (Fsp3) is 0.455. The van der Waals surface area contributed by atoms with Crippen LogP contribution in [0.5, 0.6) is 5.75 Å². The number of ether oxygens (including phenoxy) is 1. The molecule has 0 bridgehead atoms. The molecule has 0 saturated carbocycles. The number of nitrogens with one attached hydrogen (secondary N) is 1. The first-order valence-electron chi connectivity index (χ1n) is 5.12. The van der Waals surface area contributed by atoms with Crippen LogP contribution < -0.4 is 15.8 Å². The minimum Gasteiger partial charge on any atom is -0.496 e. The second kappa shape index (κ2) is 3.89. The molecule has 1 aliphatic rings. The number of halogens is 3. The van der Waals surface area contributed by atoms with E-state index >= 15 is 0 Å². The first kappa shape index (κ1) is 12.2. The molecule has 0 aromatic heterocycles. The lowest BCUT2D eigenvalue weighted by atomic mass is 9.84. The topological polar surface area (TPSA) is 47.3 Å². The van der Waals surface area contributed by atoms with Gasteiger partial charge in [-0.2, -0.15) is 13.2 Å². The Morgan fingerprint density at radius 3 is 2.41 bits per heavy atom. The Hall–Kier alpha value is -1.27. The van der Waals surface area contributed by atoms with Gasteiger partial charge in [0.25, 0.3) is 0 Å². The van der Waals surface area contributed by atoms with E-state index in [2.05, 4.69) is 5.32 Å². The molecule has 94 valence electrons. The van der Waals surface area contributed by atoms with Crippen LogP contribution in [-0.4, -0.2) is 20.2 Å². The Kier molecular flexibility index (Phi) is 2.79. The van der Waals surface area contributed by atoms with Crippen LogP contribution in [0.1, 0.15) is 11.1 Å². The molecule has 1 aromatic carbocycles. The fourth-order valence-corrected chi connectivity index (χ4v) is 1.86. The predicted molar refractivity (Wildman–Crippen MR) is 56.7 cm³/mol. The first-order valence-corrected chi connectivity index (χ1v) is 5.12. The van der Waals surface area contributed by atoms with Crippen LogP contribution in [0, 0.1) is 0 Å². The number of nitrogens with two attached hydrogens (primary N) is 1. The molecule has 0 amide bonds. The van der Waals surface area contributed by atoms with E-state index in [9.17, 15) is 13.2 Å². The molecule has 1 saturated heterocycles. The van der Waals surface area contributed by atoms with Crippen LogP contribution in [0.3, 0.4) is 0 Å². The first-order chi connectivity index (χ1) is 7.87. The third-order valence-electron chi connectivity index (χ3n) is 2.95. The summed E-state index contributed by atoms with van der Waals surface area (Å²) in [5.74, 6) is 0.184. The molecule has 0 unspecified atom stereocenters. The fourth-order valence-electron chi connectivity index (χ4n) is 1.86. The highest BCUT2D eigenvalue weighted by atomic mass is 19.4. The van der Waals surface area contributed by atoms with Gasteiger partial charge in [-0.15, -0.1) is 0 Å². The molecule has 1 aromatic rings. The predicted octanol–water partition coefficient (Wildman–Crippen LogP) is 1.47. The summed E-state index contributed by atoms with van der Waals surface area (Å²) >= 11 is 0. The van der Waals surface area contributed by atoms with Crippen molar-refractivity contribution in [1.82, 2.24) is 5.32 Å². The highest BCUT2D eigenvalue weighted by molar-refractivity contribution is 5.44. The quantitative estimate of drug-likeness (QED) is 0.830. The second-order valence-corrected chi connectivity index (χ2v) is 4.17. The van der Waals surface area contributed by atoms with Crippen molar-refractivity contribution in [2.24, 2.45) is 5.73 Å². The summed E-state index contributed by atoms with van der Waals surface area (Å²) in [5, 5.41) is 2.99. The van der Waals surface area contributed by atoms with Gasteiger partial charge in [-0.25, -0.2) is 0 Å². The summed E-state index contributed by atoms with van der Waals surface area (Å²) in [6, 6.07) is 3.41. The van der Waals surface area contributed by atoms with E-state index in [4.69, 9.17) is 10.5 Å². The van der Waals surface area contributed by atoms with Crippen LogP contribution in [0.15, 0.2) is 18.2 Å². The number of hydrogen-bond donors (Lipinski definition) is 2. The van der Waals surface area contributed by atoms with Gasteiger partial charge in [0.05, 0.1) is 18.2 Å². The molecule has 3 N–H and O–H groups in total. The number of alkyl halides is 3. The van der Waals surface area contributed by atoms with Gasteiger partial charge in [-0.1, -0.05) is 6.07 Å². The molecule has 0 radical (unpaired) electrons. The Bertz CT molecular complexity index is 427. The number of rotatable bonds is 2. The molecule has 0 atom stereocenters. The molecule has 0 spiro atoms. The van der Waals surface area contributed by atoms with Crippen LogP contribution in [0.4, 0.5) is 13.2 Å². The molecule has 0 aliphatic carbocycles. The molecular formula is C11H13F3N2O. The normalized spacial score (nSPS) is 18.6. The summed E-state index contributed by atoms with van der Waals surface area (Å²) in [6.07, 6.45) is -4.37. The summed E-state index contributed by atoms with van der Waals surface area (Å²) in [4.78, 5) is 0. The van der Waals surface area contributed by atoms with Crippen LogP contribution in [0.25, 0.3) is 0 Å². The number of methoxy groups -OCH3 is 1. The molecule has 1 heterocycles. The van der Waals surface area contributed by atoms with Crippen molar-refractivity contribution < 1.29 is 17.9 Å². The van der Waals surface area contributed by atoms with Crippen molar-refractivity contribution in [2.75, 3.05) is 20.2 Å². The average molecular weight is 246 g/mol. The van der Waals surface area contributed by atoms with Gasteiger partial charge in [0, 0.05) is 18.7 Å². The molecular weight excluding hydrogens is 233 g/mol. The molecule has 1 fully saturated rings. The van der Waals surface area contributed by atoms with Gasteiger partial charge in [0.2, 0.25) is 0 Å². The third-order valence-corrected chi connectivity index (χ3v) is 2.95. The molecule has 1 aliphatic heterocycles. The molecule has 17 heavy (non-hydrogen) atoms. The van der Waals surface area contributed by atoms with Crippen molar-refractivity contribution in [3.8, 4) is 5.75 Å². The standard InChI is InChI=1S/C11H13F3N2O/c1-17-9-4-7(11(12,13)14)2-3-8(9)10(15)5-16-6-10/h2-4,16H,5-6,15H2,1H3. The highest BCUT2D eigenvalue weighted by Gasteiger charge is 2.38. The van der Waals surface area contributed by atoms with Crippen molar-refractivity contribution in [1.29, 1.82) is 0 Å². The zero-order valence-electron chi connectivity index (χ0n) is 9.27. The van der Waals surface area contributed by atoms with Crippen LogP contribution >= 0.6 is 0 Å². The SMILES string of the molecule is COc1cc(C(F)(F)F)ccc1C1(N)CNC1. The third kappa shape index (κ3) is 2.10. The Morgan fingerprint density at radius 2 is 2.00 bits per heavy atom. The zero-order chi connectivity index (χ0) is 12.7. The van der Waals surface area contributed by atoms with E-state index in [1.807, 2.05) is 0 Å². The summed E-state index contributed by atoms with van der Waals surface area (Å²) in [7, 11) is 1.34. The van der Waals surface area contributed by atoms with E-state index in [-0.39, 0.29) is 5.75 Å². The van der Waals surface area contributed by atoms with Crippen molar-refractivity contribution in [3.63, 3.8) is 0 Å². The smallest absolute Gasteiger partial charge is 0.416 e. The highest BCUT2D eigenvalue weighted by Crippen LogP contribution is 2.37. The maximum Gasteiger partial charge on any atom is 0.416 e.